The van der Waals surface area contributed by atoms with Gasteiger partial charge in [0.1, 0.15) is 12.3 Å². The maximum absolute atomic E-state index is 13.1. The summed E-state index contributed by atoms with van der Waals surface area (Å²) >= 11 is 2.75. The number of carbonyl (C=O) groups is 3. The van der Waals surface area contributed by atoms with Crippen LogP contribution in [0.3, 0.4) is 0 Å². The van der Waals surface area contributed by atoms with E-state index < -0.39 is 20.4 Å². The van der Waals surface area contributed by atoms with Crippen LogP contribution in [0.2, 0.25) is 19.6 Å². The third-order valence-corrected chi connectivity index (χ3v) is 10.5. The second-order valence-corrected chi connectivity index (χ2v) is 17.7. The Hall–Kier alpha value is -2.45. The number of nitrogens with zero attached hydrogens (tertiary/aromatic N) is 3. The van der Waals surface area contributed by atoms with E-state index in [1.807, 2.05) is 25.3 Å². The second kappa shape index (κ2) is 12.2. The number of β-lactam (4-membered cyclic amide) rings is 1. The van der Waals surface area contributed by atoms with Crippen molar-refractivity contribution in [1.29, 1.82) is 0 Å². The molecule has 13 heteroatoms. The molecule has 0 radical (unpaired) electrons. The van der Waals surface area contributed by atoms with E-state index >= 15 is 0 Å². The molecular weight excluding hydrogens is 571 g/mol. The Kier molecular flexibility index (Phi) is 9.30. The van der Waals surface area contributed by atoms with Crippen molar-refractivity contribution in [2.75, 3.05) is 26.9 Å². The standard InChI is InChI=1S/C27H37N3O7S2Si/c1-8-11-36-27(34)29-10-9-17(12-18(29)13-35-4)19-14-38-26(28-19)39-23-15(2)21-20(16(3)37-40(5,6)7)24(31)30(21)22(23)25(32)33/h8-9,14-16,18,20-21H,1,10-13H2,2-7H3,(H,32,33)/t15-,16-,18+,20-,21-/m1/s1. The molecule has 1 aromatic rings. The molecule has 4 heterocycles. The van der Waals surface area contributed by atoms with Crippen molar-refractivity contribution in [3.63, 3.8) is 0 Å². The molecule has 1 saturated heterocycles. The molecule has 5 atom stereocenters. The van der Waals surface area contributed by atoms with E-state index in [9.17, 15) is 19.5 Å². The Labute approximate surface area is 244 Å². The molecule has 40 heavy (non-hydrogen) atoms. The third kappa shape index (κ3) is 6.08. The normalized spacial score (nSPS) is 25.4. The number of carbonyl (C=O) groups excluding carboxylic acids is 2. The number of thioether (sulfide) groups is 1. The lowest BCUT2D eigenvalue weighted by Crippen LogP contribution is -2.64. The molecule has 10 nitrogen and oxygen atoms in total. The molecule has 2 amide bonds. The van der Waals surface area contributed by atoms with Crippen molar-refractivity contribution in [1.82, 2.24) is 14.8 Å². The van der Waals surface area contributed by atoms with Gasteiger partial charge in [-0.3, -0.25) is 9.69 Å². The summed E-state index contributed by atoms with van der Waals surface area (Å²) in [5.74, 6) is -1.83. The highest BCUT2D eigenvalue weighted by Gasteiger charge is 2.60. The Morgan fingerprint density at radius 2 is 2.10 bits per heavy atom. The number of fused-ring (bicyclic) bond motifs is 1. The smallest absolute Gasteiger partial charge is 0.410 e. The first kappa shape index (κ1) is 30.5. The van der Waals surface area contributed by atoms with Gasteiger partial charge in [0.05, 0.1) is 36.4 Å². The maximum atomic E-state index is 13.1. The summed E-state index contributed by atoms with van der Waals surface area (Å²) in [7, 11) is -0.286. The van der Waals surface area contributed by atoms with E-state index in [0.29, 0.717) is 28.8 Å². The first-order valence-electron chi connectivity index (χ1n) is 13.2. The fourth-order valence-electron chi connectivity index (χ4n) is 5.61. The highest BCUT2D eigenvalue weighted by molar-refractivity contribution is 8.04. The fourth-order valence-corrected chi connectivity index (χ4v) is 8.99. The SMILES string of the molecule is C=CCOC(=O)N1CC=C(c2csc(SC3=C(C(=O)O)N4C(=O)[C@H]([C@@H](C)O[Si](C)(C)C)[C@H]4[C@H]3C)n2)C[C@H]1COC. The van der Waals surface area contributed by atoms with E-state index in [1.165, 1.54) is 34.1 Å². The van der Waals surface area contributed by atoms with Crippen molar-refractivity contribution >= 4 is 55.0 Å². The first-order valence-corrected chi connectivity index (χ1v) is 18.3. The Morgan fingerprint density at radius 1 is 1.38 bits per heavy atom. The van der Waals surface area contributed by atoms with Gasteiger partial charge in [0.25, 0.3) is 0 Å². The Balaban J connectivity index is 1.52. The predicted octanol–water partition coefficient (Wildman–Crippen LogP) is 4.67. The molecule has 0 aromatic carbocycles. The number of ether oxygens (including phenoxy) is 2. The van der Waals surface area contributed by atoms with E-state index in [0.717, 1.165) is 11.3 Å². The molecule has 0 aliphatic carbocycles. The number of aliphatic carboxylic acids is 1. The number of carboxylic acids is 1. The van der Waals surface area contributed by atoms with E-state index in [-0.39, 0.29) is 48.2 Å². The minimum absolute atomic E-state index is 0.0476. The largest absolute Gasteiger partial charge is 0.477 e. The molecule has 0 saturated carbocycles. The summed E-state index contributed by atoms with van der Waals surface area (Å²) in [5.41, 5.74) is 1.82. The number of hydrogen-bond donors (Lipinski definition) is 1. The molecular formula is C27H37N3O7S2Si. The van der Waals surface area contributed by atoms with Crippen molar-refractivity contribution < 1.29 is 33.4 Å². The van der Waals surface area contributed by atoms with Gasteiger partial charge < -0.3 is 23.9 Å². The summed E-state index contributed by atoms with van der Waals surface area (Å²) < 4.78 is 17.5. The maximum Gasteiger partial charge on any atom is 0.410 e. The van der Waals surface area contributed by atoms with Gasteiger partial charge in [0.15, 0.2) is 12.7 Å². The zero-order chi connectivity index (χ0) is 29.4. The molecule has 1 fully saturated rings. The summed E-state index contributed by atoms with van der Waals surface area (Å²) in [6, 6.07) is -0.447. The topological polar surface area (TPSA) is 119 Å². The van der Waals surface area contributed by atoms with Crippen LogP contribution in [-0.2, 0) is 23.5 Å². The Morgan fingerprint density at radius 3 is 2.73 bits per heavy atom. The summed E-state index contributed by atoms with van der Waals surface area (Å²) in [6.07, 6.45) is 3.34. The molecule has 3 aliphatic heterocycles. The number of amides is 2. The monoisotopic (exact) mass is 607 g/mol. The predicted molar refractivity (Wildman–Crippen MR) is 156 cm³/mol. The minimum atomic E-state index is -1.88. The number of methoxy groups -OCH3 is 1. The molecule has 1 N–H and O–H groups in total. The van der Waals surface area contributed by atoms with Crippen LogP contribution in [0.4, 0.5) is 4.79 Å². The van der Waals surface area contributed by atoms with Gasteiger partial charge in [-0.05, 0) is 38.6 Å². The van der Waals surface area contributed by atoms with Crippen LogP contribution >= 0.6 is 23.1 Å². The van der Waals surface area contributed by atoms with E-state index in [2.05, 4.69) is 26.2 Å². The van der Waals surface area contributed by atoms with E-state index in [4.69, 9.17) is 18.9 Å². The van der Waals surface area contributed by atoms with Crippen LogP contribution in [0.1, 0.15) is 26.0 Å². The van der Waals surface area contributed by atoms with Crippen LogP contribution in [0.5, 0.6) is 0 Å². The van der Waals surface area contributed by atoms with Gasteiger partial charge in [-0.1, -0.05) is 37.4 Å². The zero-order valence-electron chi connectivity index (χ0n) is 23.7. The van der Waals surface area contributed by atoms with Gasteiger partial charge in [-0.25, -0.2) is 14.6 Å². The number of hydrogen-bond acceptors (Lipinski definition) is 9. The van der Waals surface area contributed by atoms with Gasteiger partial charge in [0, 0.05) is 29.9 Å². The van der Waals surface area contributed by atoms with Crippen molar-refractivity contribution in [2.45, 2.75) is 62.4 Å². The highest BCUT2D eigenvalue weighted by atomic mass is 32.2. The van der Waals surface area contributed by atoms with Crippen LogP contribution in [0, 0.1) is 11.8 Å². The summed E-state index contributed by atoms with van der Waals surface area (Å²) in [4.78, 5) is 46.5. The van der Waals surface area contributed by atoms with Crippen LogP contribution in [0.15, 0.2) is 39.1 Å². The second-order valence-electron chi connectivity index (χ2n) is 11.1. The van der Waals surface area contributed by atoms with Crippen LogP contribution < -0.4 is 0 Å². The number of aromatic nitrogens is 1. The van der Waals surface area contributed by atoms with Crippen LogP contribution in [-0.4, -0.2) is 91.2 Å². The lowest BCUT2D eigenvalue weighted by Gasteiger charge is -2.48. The quantitative estimate of drug-likeness (QED) is 0.217. The van der Waals surface area contributed by atoms with E-state index in [1.54, 1.807) is 12.0 Å². The minimum Gasteiger partial charge on any atom is -0.477 e. The number of thiazole rings is 1. The average molecular weight is 608 g/mol. The molecule has 0 bridgehead atoms. The molecule has 218 valence electrons. The number of rotatable bonds is 11. The molecule has 0 spiro atoms. The van der Waals surface area contributed by atoms with Crippen molar-refractivity contribution in [2.24, 2.45) is 11.8 Å². The number of carboxylic acid groups (broad SMARTS) is 1. The average Bonchev–Trinajstić information content (AvgIpc) is 3.43. The summed E-state index contributed by atoms with van der Waals surface area (Å²) in [5, 5.41) is 12.0. The van der Waals surface area contributed by atoms with Gasteiger partial charge in [-0.15, -0.1) is 11.3 Å². The molecule has 3 aliphatic rings. The molecule has 0 unspecified atom stereocenters. The highest BCUT2D eigenvalue weighted by Crippen LogP contribution is 2.53. The van der Waals surface area contributed by atoms with Crippen molar-refractivity contribution in [3.8, 4) is 0 Å². The zero-order valence-corrected chi connectivity index (χ0v) is 26.3. The van der Waals surface area contributed by atoms with Gasteiger partial charge >= 0.3 is 12.1 Å². The lowest BCUT2D eigenvalue weighted by molar-refractivity contribution is -0.162. The fraction of sp³-hybridized carbons (Fsp3) is 0.556. The van der Waals surface area contributed by atoms with Gasteiger partial charge in [-0.2, -0.15) is 0 Å². The lowest BCUT2D eigenvalue weighted by atomic mass is 9.79. The molecule has 4 rings (SSSR count). The summed E-state index contributed by atoms with van der Waals surface area (Å²) in [6.45, 7) is 14.6. The van der Waals surface area contributed by atoms with Gasteiger partial charge in [0.2, 0.25) is 5.91 Å². The third-order valence-electron chi connectivity index (χ3n) is 7.19. The Bertz CT molecular complexity index is 1240. The van der Waals surface area contributed by atoms with Crippen LogP contribution in [0.25, 0.3) is 5.57 Å². The molecule has 1 aromatic heterocycles. The first-order chi connectivity index (χ1) is 18.9. The van der Waals surface area contributed by atoms with Crippen molar-refractivity contribution in [3.05, 3.63) is 40.4 Å².